The van der Waals surface area contributed by atoms with Gasteiger partial charge in [0.15, 0.2) is 5.13 Å². The fraction of sp³-hybridized carbons (Fsp3) is 0.263. The Balaban J connectivity index is 2.00. The second kappa shape index (κ2) is 8.16. The molecular weight excluding hydrogens is 414 g/mol. The van der Waals surface area contributed by atoms with Crippen molar-refractivity contribution in [2.24, 2.45) is 0 Å². The molecule has 0 N–H and O–H groups in total. The highest BCUT2D eigenvalue weighted by atomic mass is 79.9. The number of halogens is 1. The summed E-state index contributed by atoms with van der Waals surface area (Å²) in [4.78, 5) is 21.6. The summed E-state index contributed by atoms with van der Waals surface area (Å²) in [6.45, 7) is 1.30. The van der Waals surface area contributed by atoms with Crippen LogP contribution < -0.4 is 9.64 Å². The molecule has 1 aromatic heterocycles. The average Bonchev–Trinajstić information content (AvgIpc) is 3.05. The second-order valence-corrected chi connectivity index (χ2v) is 8.00. The normalized spacial score (nSPS) is 11.1. The van der Waals surface area contributed by atoms with Crippen LogP contribution in [0.3, 0.4) is 0 Å². The molecule has 2 aromatic carbocycles. The van der Waals surface area contributed by atoms with E-state index in [0.717, 1.165) is 21.2 Å². The molecule has 0 aliphatic rings. The molecule has 0 radical (unpaired) electrons. The number of benzene rings is 2. The lowest BCUT2D eigenvalue weighted by atomic mass is 10.2. The molecule has 0 saturated heterocycles. The molecule has 0 saturated carbocycles. The Kier molecular flexibility index (Phi) is 5.90. The zero-order valence-corrected chi connectivity index (χ0v) is 17.3. The number of amides is 1. The van der Waals surface area contributed by atoms with E-state index in [4.69, 9.17) is 9.72 Å². The number of carbonyl (C=O) groups is 1. The number of likely N-dealkylation sites (N-methyl/N-ethyl adjacent to an activating group) is 1. The highest BCUT2D eigenvalue weighted by molar-refractivity contribution is 9.10. The molecule has 5 nitrogen and oxygen atoms in total. The predicted octanol–water partition coefficient (Wildman–Crippen LogP) is 4.28. The maximum atomic E-state index is 13.1. The third-order valence-corrected chi connectivity index (χ3v) is 5.50. The van der Waals surface area contributed by atoms with Crippen LogP contribution >= 0.6 is 27.3 Å². The summed E-state index contributed by atoms with van der Waals surface area (Å²) in [5.74, 6) is 0.658. The van der Waals surface area contributed by atoms with Gasteiger partial charge in [-0.05, 0) is 50.5 Å². The van der Waals surface area contributed by atoms with Crippen molar-refractivity contribution in [3.8, 4) is 5.75 Å². The van der Waals surface area contributed by atoms with Gasteiger partial charge >= 0.3 is 0 Å². The van der Waals surface area contributed by atoms with E-state index in [-0.39, 0.29) is 5.91 Å². The SMILES string of the molecule is COc1cccc2sc(N(CCN(C)C)C(=O)c3ccc(Br)cc3)nc12. The van der Waals surface area contributed by atoms with Crippen LogP contribution in [0.15, 0.2) is 46.9 Å². The molecule has 0 fully saturated rings. The Labute approximate surface area is 165 Å². The molecule has 0 unspecified atom stereocenters. The number of carbonyl (C=O) groups excluding carboxylic acids is 1. The highest BCUT2D eigenvalue weighted by Crippen LogP contribution is 2.34. The van der Waals surface area contributed by atoms with E-state index in [9.17, 15) is 4.79 Å². The van der Waals surface area contributed by atoms with Gasteiger partial charge in [-0.15, -0.1) is 0 Å². The van der Waals surface area contributed by atoms with Crippen molar-refractivity contribution in [3.63, 3.8) is 0 Å². The molecule has 26 heavy (non-hydrogen) atoms. The van der Waals surface area contributed by atoms with E-state index < -0.39 is 0 Å². The third kappa shape index (κ3) is 4.06. The Bertz CT molecular complexity index is 909. The number of ether oxygens (including phenoxy) is 1. The zero-order valence-electron chi connectivity index (χ0n) is 14.9. The van der Waals surface area contributed by atoms with E-state index in [0.29, 0.717) is 23.0 Å². The number of thiazole rings is 1. The van der Waals surface area contributed by atoms with Gasteiger partial charge in [0.25, 0.3) is 5.91 Å². The van der Waals surface area contributed by atoms with E-state index in [2.05, 4.69) is 20.8 Å². The van der Waals surface area contributed by atoms with Crippen LogP contribution in [-0.4, -0.2) is 50.1 Å². The minimum Gasteiger partial charge on any atom is -0.494 e. The van der Waals surface area contributed by atoms with Crippen molar-refractivity contribution in [1.29, 1.82) is 0 Å². The largest absolute Gasteiger partial charge is 0.494 e. The van der Waals surface area contributed by atoms with Crippen LogP contribution in [0.25, 0.3) is 10.2 Å². The number of hydrogen-bond acceptors (Lipinski definition) is 5. The van der Waals surface area contributed by atoms with Gasteiger partial charge in [0, 0.05) is 23.1 Å². The van der Waals surface area contributed by atoms with Gasteiger partial charge in [-0.3, -0.25) is 9.69 Å². The summed E-state index contributed by atoms with van der Waals surface area (Å²) in [7, 11) is 5.61. The molecule has 136 valence electrons. The van der Waals surface area contributed by atoms with Gasteiger partial charge in [-0.2, -0.15) is 0 Å². The molecule has 0 spiro atoms. The van der Waals surface area contributed by atoms with Gasteiger partial charge in [-0.1, -0.05) is 33.3 Å². The maximum Gasteiger partial charge on any atom is 0.260 e. The molecule has 3 rings (SSSR count). The zero-order chi connectivity index (χ0) is 18.7. The average molecular weight is 434 g/mol. The number of hydrogen-bond donors (Lipinski definition) is 0. The lowest BCUT2D eigenvalue weighted by Crippen LogP contribution is -2.36. The first kappa shape index (κ1) is 18.8. The molecule has 0 aliphatic heterocycles. The number of fused-ring (bicyclic) bond motifs is 1. The first-order valence-corrected chi connectivity index (χ1v) is 9.76. The summed E-state index contributed by atoms with van der Waals surface area (Å²) in [6, 6.07) is 13.2. The monoisotopic (exact) mass is 433 g/mol. The molecule has 1 amide bonds. The molecule has 0 bridgehead atoms. The van der Waals surface area contributed by atoms with Crippen molar-refractivity contribution in [1.82, 2.24) is 9.88 Å². The second-order valence-electron chi connectivity index (χ2n) is 6.07. The minimum atomic E-state index is -0.0580. The molecule has 3 aromatic rings. The van der Waals surface area contributed by atoms with Crippen LogP contribution in [-0.2, 0) is 0 Å². The third-order valence-electron chi connectivity index (χ3n) is 3.93. The van der Waals surface area contributed by atoms with Crippen LogP contribution in [0.2, 0.25) is 0 Å². The molecule has 1 heterocycles. The number of anilines is 1. The van der Waals surface area contributed by atoms with Gasteiger partial charge in [0.1, 0.15) is 11.3 Å². The summed E-state index contributed by atoms with van der Waals surface area (Å²) in [5.41, 5.74) is 1.42. The van der Waals surface area contributed by atoms with E-state index in [1.165, 1.54) is 11.3 Å². The topological polar surface area (TPSA) is 45.7 Å². The number of aromatic nitrogens is 1. The van der Waals surface area contributed by atoms with E-state index in [1.807, 2.05) is 56.6 Å². The minimum absolute atomic E-state index is 0.0580. The van der Waals surface area contributed by atoms with E-state index >= 15 is 0 Å². The number of nitrogens with zero attached hydrogens (tertiary/aromatic N) is 3. The molecule has 7 heteroatoms. The first-order valence-electron chi connectivity index (χ1n) is 8.15. The lowest BCUT2D eigenvalue weighted by molar-refractivity contribution is 0.0985. The number of rotatable bonds is 6. The van der Waals surface area contributed by atoms with Gasteiger partial charge in [0.05, 0.1) is 11.8 Å². The summed E-state index contributed by atoms with van der Waals surface area (Å²) < 4.78 is 7.35. The summed E-state index contributed by atoms with van der Waals surface area (Å²) >= 11 is 4.91. The van der Waals surface area contributed by atoms with Crippen molar-refractivity contribution < 1.29 is 9.53 Å². The Morgan fingerprint density at radius 1 is 1.15 bits per heavy atom. The Morgan fingerprint density at radius 3 is 2.54 bits per heavy atom. The van der Waals surface area contributed by atoms with E-state index in [1.54, 1.807) is 12.0 Å². The predicted molar refractivity (Wildman–Crippen MR) is 111 cm³/mol. The van der Waals surface area contributed by atoms with Crippen molar-refractivity contribution in [3.05, 3.63) is 52.5 Å². The first-order chi connectivity index (χ1) is 12.5. The smallest absolute Gasteiger partial charge is 0.260 e. The van der Waals surface area contributed by atoms with Gasteiger partial charge in [-0.25, -0.2) is 4.98 Å². The quantitative estimate of drug-likeness (QED) is 0.581. The lowest BCUT2D eigenvalue weighted by Gasteiger charge is -2.22. The van der Waals surface area contributed by atoms with Crippen molar-refractivity contribution in [2.45, 2.75) is 0 Å². The van der Waals surface area contributed by atoms with Crippen molar-refractivity contribution in [2.75, 3.05) is 39.2 Å². The maximum absolute atomic E-state index is 13.1. The van der Waals surface area contributed by atoms with Crippen LogP contribution in [0.1, 0.15) is 10.4 Å². The van der Waals surface area contributed by atoms with Gasteiger partial charge < -0.3 is 9.64 Å². The fourth-order valence-electron chi connectivity index (χ4n) is 2.52. The number of methoxy groups -OCH3 is 1. The summed E-state index contributed by atoms with van der Waals surface area (Å²) in [5, 5.41) is 0.680. The Morgan fingerprint density at radius 2 is 1.88 bits per heavy atom. The van der Waals surface area contributed by atoms with Crippen LogP contribution in [0.5, 0.6) is 5.75 Å². The molecule has 0 atom stereocenters. The standard InChI is InChI=1S/C19H20BrN3O2S/c1-22(2)11-12-23(18(24)13-7-9-14(20)10-8-13)19-21-17-15(25-3)5-4-6-16(17)26-19/h4-10H,11-12H2,1-3H3. The van der Waals surface area contributed by atoms with Crippen LogP contribution in [0, 0.1) is 0 Å². The summed E-state index contributed by atoms with van der Waals surface area (Å²) in [6.07, 6.45) is 0. The molecule has 0 aliphatic carbocycles. The van der Waals surface area contributed by atoms with Crippen LogP contribution in [0.4, 0.5) is 5.13 Å². The highest BCUT2D eigenvalue weighted by Gasteiger charge is 2.22. The van der Waals surface area contributed by atoms with Gasteiger partial charge in [0.2, 0.25) is 0 Å². The molecular formula is C19H20BrN3O2S. The number of para-hydroxylation sites is 1. The fourth-order valence-corrected chi connectivity index (χ4v) is 3.80. The Hall–Kier alpha value is -1.96. The van der Waals surface area contributed by atoms with Crippen molar-refractivity contribution >= 4 is 48.5 Å².